The van der Waals surface area contributed by atoms with E-state index in [2.05, 4.69) is 25.9 Å². The molecule has 0 radical (unpaired) electrons. The van der Waals surface area contributed by atoms with Crippen LogP contribution >= 0.6 is 0 Å². The Morgan fingerprint density at radius 2 is 1.05 bits per heavy atom. The molecule has 0 saturated carbocycles. The minimum atomic E-state index is 1.31. The van der Waals surface area contributed by atoms with Gasteiger partial charge in [0.25, 0.3) is 0 Å². The maximum absolute atomic E-state index is 2.42. The summed E-state index contributed by atoms with van der Waals surface area (Å²) in [6, 6.07) is 0. The van der Waals surface area contributed by atoms with Crippen molar-refractivity contribution in [1.82, 2.24) is 0 Å². The Bertz CT molecular complexity index is 186. The van der Waals surface area contributed by atoms with Crippen LogP contribution in [0.2, 0.25) is 13.1 Å². The van der Waals surface area contributed by atoms with Crippen LogP contribution in [0.25, 0.3) is 0 Å². The molecule has 0 aromatic heterocycles. The van der Waals surface area contributed by atoms with Crippen molar-refractivity contribution in [2.24, 2.45) is 0 Å². The van der Waals surface area contributed by atoms with Gasteiger partial charge in [-0.2, -0.15) is 0 Å². The number of allylic oxidation sites excluding steroid dienone is 2. The topological polar surface area (TPSA) is 0 Å². The molecule has 0 heterocycles. The normalized spacial score (nSPS) is 11.3. The van der Waals surface area contributed by atoms with Gasteiger partial charge in [0.1, 0.15) is 7.28 Å². The highest BCUT2D eigenvalue weighted by atomic mass is 14.0. The molecule has 0 aromatic carbocycles. The first kappa shape index (κ1) is 19.8. The molecule has 0 aliphatic rings. The van der Waals surface area contributed by atoms with E-state index in [0.29, 0.717) is 0 Å². The second-order valence-electron chi connectivity index (χ2n) is 6.29. The summed E-state index contributed by atoms with van der Waals surface area (Å²) in [5.41, 5.74) is 0. The van der Waals surface area contributed by atoms with Gasteiger partial charge in [0, 0.05) is 0 Å². The molecule has 1 heteroatoms. The summed E-state index contributed by atoms with van der Waals surface area (Å²) in [5, 5.41) is 0. The van der Waals surface area contributed by atoms with Crippen LogP contribution in [-0.2, 0) is 0 Å². The average Bonchev–Trinajstić information content (AvgIpc) is 2.47. The highest BCUT2D eigenvalue weighted by Crippen LogP contribution is 2.10. The molecular formula is C19H39B. The molecule has 0 fully saturated rings. The van der Waals surface area contributed by atoms with E-state index in [-0.39, 0.29) is 0 Å². The standard InChI is InChI=1S/C19H39B/c1-3-4-5-6-7-8-9-10-11-12-13-14-15-16-17-18-19-20-2/h10-11,20H,3-9,12-19H2,1-2H3/b11-10-. The van der Waals surface area contributed by atoms with Gasteiger partial charge < -0.3 is 0 Å². The van der Waals surface area contributed by atoms with Gasteiger partial charge in [-0.1, -0.05) is 96.4 Å². The SMILES string of the molecule is CBCCCCCCCC/C=C\CCCCCCCC. The van der Waals surface area contributed by atoms with Crippen molar-refractivity contribution in [2.45, 2.75) is 110 Å². The van der Waals surface area contributed by atoms with Gasteiger partial charge >= 0.3 is 0 Å². The first-order valence-corrected chi connectivity index (χ1v) is 9.56. The molecule has 0 saturated heterocycles. The minimum absolute atomic E-state index is 1.31. The summed E-state index contributed by atoms with van der Waals surface area (Å²) in [5.74, 6) is 0. The summed E-state index contributed by atoms with van der Waals surface area (Å²) in [7, 11) is 1.36. The number of hydrogen-bond donors (Lipinski definition) is 0. The Hall–Kier alpha value is -0.195. The Morgan fingerprint density at radius 1 is 0.600 bits per heavy atom. The predicted octanol–water partition coefficient (Wildman–Crippen LogP) is 6.93. The van der Waals surface area contributed by atoms with Crippen LogP contribution in [-0.4, -0.2) is 7.28 Å². The van der Waals surface area contributed by atoms with Crippen molar-refractivity contribution in [3.63, 3.8) is 0 Å². The summed E-state index contributed by atoms with van der Waals surface area (Å²) >= 11 is 0. The average molecular weight is 278 g/mol. The Morgan fingerprint density at radius 3 is 1.55 bits per heavy atom. The molecule has 0 unspecified atom stereocenters. The summed E-state index contributed by atoms with van der Waals surface area (Å²) in [4.78, 5) is 0. The lowest BCUT2D eigenvalue weighted by Gasteiger charge is -2.00. The molecule has 20 heavy (non-hydrogen) atoms. The zero-order valence-electron chi connectivity index (χ0n) is 14.5. The monoisotopic (exact) mass is 278 g/mol. The molecular weight excluding hydrogens is 239 g/mol. The fourth-order valence-electron chi connectivity index (χ4n) is 2.67. The lowest BCUT2D eigenvalue weighted by atomic mass is 9.76. The highest BCUT2D eigenvalue weighted by molar-refractivity contribution is 6.33. The molecule has 0 bridgehead atoms. The molecule has 0 N–H and O–H groups in total. The third-order valence-corrected chi connectivity index (χ3v) is 4.12. The number of hydrogen-bond acceptors (Lipinski definition) is 0. The summed E-state index contributed by atoms with van der Waals surface area (Å²) in [6.45, 7) is 4.57. The van der Waals surface area contributed by atoms with Crippen LogP contribution < -0.4 is 0 Å². The van der Waals surface area contributed by atoms with Crippen molar-refractivity contribution < 1.29 is 0 Å². The zero-order chi connectivity index (χ0) is 14.7. The number of rotatable bonds is 16. The molecule has 0 nitrogen and oxygen atoms in total. The molecule has 0 rings (SSSR count). The summed E-state index contributed by atoms with van der Waals surface area (Å²) < 4.78 is 0. The van der Waals surface area contributed by atoms with Gasteiger partial charge in [-0.25, -0.2) is 0 Å². The van der Waals surface area contributed by atoms with Gasteiger partial charge in [0.2, 0.25) is 0 Å². The predicted molar refractivity (Wildman–Crippen MR) is 97.3 cm³/mol. The molecule has 0 aliphatic carbocycles. The van der Waals surface area contributed by atoms with Gasteiger partial charge in [-0.3, -0.25) is 0 Å². The molecule has 0 aromatic rings. The third-order valence-electron chi connectivity index (χ3n) is 4.12. The van der Waals surface area contributed by atoms with E-state index in [1.54, 1.807) is 0 Å². The van der Waals surface area contributed by atoms with E-state index in [4.69, 9.17) is 0 Å². The van der Waals surface area contributed by atoms with Crippen molar-refractivity contribution in [1.29, 1.82) is 0 Å². The van der Waals surface area contributed by atoms with Crippen LogP contribution in [0.4, 0.5) is 0 Å². The maximum atomic E-state index is 2.42. The second kappa shape index (κ2) is 18.8. The van der Waals surface area contributed by atoms with Crippen molar-refractivity contribution in [3.05, 3.63) is 12.2 Å². The highest BCUT2D eigenvalue weighted by Gasteiger charge is 1.91. The largest absolute Gasteiger partial charge is 0.117 e. The van der Waals surface area contributed by atoms with E-state index >= 15 is 0 Å². The van der Waals surface area contributed by atoms with E-state index in [1.807, 2.05) is 0 Å². The van der Waals surface area contributed by atoms with Crippen LogP contribution in [0.5, 0.6) is 0 Å². The molecule has 118 valence electrons. The summed E-state index contributed by atoms with van der Waals surface area (Å²) in [6.07, 6.45) is 26.1. The Labute approximate surface area is 130 Å². The van der Waals surface area contributed by atoms with Crippen LogP contribution in [0.3, 0.4) is 0 Å². The van der Waals surface area contributed by atoms with E-state index in [9.17, 15) is 0 Å². The van der Waals surface area contributed by atoms with Gasteiger partial charge in [0.05, 0.1) is 0 Å². The van der Waals surface area contributed by atoms with Gasteiger partial charge in [-0.05, 0) is 25.7 Å². The van der Waals surface area contributed by atoms with E-state index in [0.717, 1.165) is 0 Å². The second-order valence-corrected chi connectivity index (χ2v) is 6.29. The Kier molecular flexibility index (Phi) is 18.6. The van der Waals surface area contributed by atoms with E-state index < -0.39 is 0 Å². The fraction of sp³-hybridized carbons (Fsp3) is 0.895. The van der Waals surface area contributed by atoms with Gasteiger partial charge in [0.15, 0.2) is 0 Å². The smallest absolute Gasteiger partial charge is 0.0893 e. The van der Waals surface area contributed by atoms with Crippen LogP contribution in [0, 0.1) is 0 Å². The maximum Gasteiger partial charge on any atom is 0.117 e. The molecule has 0 atom stereocenters. The zero-order valence-corrected chi connectivity index (χ0v) is 14.5. The van der Waals surface area contributed by atoms with Crippen molar-refractivity contribution >= 4 is 7.28 Å². The molecule has 0 spiro atoms. The fourth-order valence-corrected chi connectivity index (χ4v) is 2.67. The van der Waals surface area contributed by atoms with E-state index in [1.165, 1.54) is 103 Å². The van der Waals surface area contributed by atoms with Crippen LogP contribution in [0.1, 0.15) is 96.8 Å². The first-order valence-electron chi connectivity index (χ1n) is 9.56. The molecule has 0 aliphatic heterocycles. The third kappa shape index (κ3) is 17.8. The molecule has 0 amide bonds. The minimum Gasteiger partial charge on any atom is -0.0893 e. The lowest BCUT2D eigenvalue weighted by Crippen LogP contribution is -1.83. The Balaban J connectivity index is 3.01. The lowest BCUT2D eigenvalue weighted by molar-refractivity contribution is 0.606. The van der Waals surface area contributed by atoms with Crippen molar-refractivity contribution in [2.75, 3.05) is 0 Å². The van der Waals surface area contributed by atoms with Gasteiger partial charge in [-0.15, -0.1) is 0 Å². The first-order chi connectivity index (χ1) is 9.91. The quantitative estimate of drug-likeness (QED) is 0.163. The number of unbranched alkanes of at least 4 members (excludes halogenated alkanes) is 12. The van der Waals surface area contributed by atoms with Crippen molar-refractivity contribution in [3.8, 4) is 0 Å². The van der Waals surface area contributed by atoms with Crippen LogP contribution in [0.15, 0.2) is 12.2 Å².